The van der Waals surface area contributed by atoms with E-state index < -0.39 is 24.1 Å². The summed E-state index contributed by atoms with van der Waals surface area (Å²) in [5.41, 5.74) is 4.02. The number of amides is 3. The number of aliphatic imine (C=N–C) groups is 1. The highest BCUT2D eigenvalue weighted by Gasteiger charge is 2.55. The second-order valence-electron chi connectivity index (χ2n) is 8.45. The maximum Gasteiger partial charge on any atom is 0.328 e. The number of nitrogens with zero attached hydrogens (tertiary/aromatic N) is 5. The zero-order chi connectivity index (χ0) is 23.3. The molecule has 1 saturated heterocycles. The lowest BCUT2D eigenvalue weighted by atomic mass is 10.1. The van der Waals surface area contributed by atoms with Crippen molar-refractivity contribution in [3.8, 4) is 0 Å². The Morgan fingerprint density at radius 2 is 1.73 bits per heavy atom. The van der Waals surface area contributed by atoms with E-state index in [1.54, 1.807) is 7.05 Å². The number of carbonyl (C=O) groups excluding carboxylic acids is 3. The number of rotatable bonds is 5. The fourth-order valence-corrected chi connectivity index (χ4v) is 4.55. The third kappa shape index (κ3) is 3.29. The van der Waals surface area contributed by atoms with Crippen molar-refractivity contribution < 1.29 is 14.4 Å². The first-order valence-electron chi connectivity index (χ1n) is 11.0. The van der Waals surface area contributed by atoms with Gasteiger partial charge >= 0.3 is 6.03 Å². The number of anilines is 1. The Bertz CT molecular complexity index is 1190. The second kappa shape index (κ2) is 7.88. The highest BCUT2D eigenvalue weighted by molar-refractivity contribution is 6.16. The van der Waals surface area contributed by atoms with Gasteiger partial charge in [-0.15, -0.1) is 0 Å². The summed E-state index contributed by atoms with van der Waals surface area (Å²) in [6.45, 7) is 3.24. The molecule has 3 heterocycles. The lowest BCUT2D eigenvalue weighted by Gasteiger charge is -2.39. The first-order valence-corrected chi connectivity index (χ1v) is 11.0. The van der Waals surface area contributed by atoms with Crippen LogP contribution in [0.25, 0.3) is 5.70 Å². The molecular weight excluding hydrogens is 418 g/mol. The van der Waals surface area contributed by atoms with Crippen molar-refractivity contribution >= 4 is 35.1 Å². The van der Waals surface area contributed by atoms with Crippen molar-refractivity contribution in [3.63, 3.8) is 0 Å². The second-order valence-corrected chi connectivity index (χ2v) is 8.45. The van der Waals surface area contributed by atoms with Crippen LogP contribution >= 0.6 is 0 Å². The largest absolute Gasteiger partial charge is 0.328 e. The number of aryl methyl sites for hydroxylation is 1. The van der Waals surface area contributed by atoms with Crippen LogP contribution in [0, 0.1) is 0 Å². The topological polar surface area (TPSA) is 76.5 Å². The van der Waals surface area contributed by atoms with E-state index in [1.165, 1.54) is 17.4 Å². The van der Waals surface area contributed by atoms with E-state index in [0.717, 1.165) is 28.3 Å². The van der Waals surface area contributed by atoms with Crippen molar-refractivity contribution in [2.75, 3.05) is 18.5 Å². The molecule has 8 heteroatoms. The first-order chi connectivity index (χ1) is 15.9. The van der Waals surface area contributed by atoms with Crippen molar-refractivity contribution in [3.05, 3.63) is 71.9 Å². The minimum Gasteiger partial charge on any atom is -0.302 e. The molecule has 33 heavy (non-hydrogen) atoms. The molecule has 0 N–H and O–H groups in total. The number of hydrogen-bond donors (Lipinski definition) is 0. The molecule has 3 aliphatic heterocycles. The van der Waals surface area contributed by atoms with Gasteiger partial charge in [0.2, 0.25) is 5.96 Å². The molecule has 0 aromatic heterocycles. The molecule has 3 amide bonds. The predicted molar refractivity (Wildman–Crippen MR) is 125 cm³/mol. The fourth-order valence-electron chi connectivity index (χ4n) is 4.55. The van der Waals surface area contributed by atoms with Crippen molar-refractivity contribution in [2.24, 2.45) is 4.99 Å². The fraction of sp³-hybridized carbons (Fsp3) is 0.280. The molecular formula is C25H25N5O3. The van der Waals surface area contributed by atoms with Gasteiger partial charge in [0.1, 0.15) is 5.78 Å². The number of imide groups is 1. The molecule has 0 saturated carbocycles. The molecule has 168 valence electrons. The molecule has 2 atom stereocenters. The number of fused-ring (bicyclic) bond motifs is 3. The third-order valence-electron chi connectivity index (χ3n) is 6.26. The molecule has 2 unspecified atom stereocenters. The van der Waals surface area contributed by atoms with Gasteiger partial charge in [-0.1, -0.05) is 49.4 Å². The van der Waals surface area contributed by atoms with Gasteiger partial charge in [-0.3, -0.25) is 24.3 Å². The normalized spacial score (nSPS) is 21.8. The summed E-state index contributed by atoms with van der Waals surface area (Å²) in [5.74, 6) is -0.0723. The van der Waals surface area contributed by atoms with E-state index in [4.69, 9.17) is 4.99 Å². The van der Waals surface area contributed by atoms with Gasteiger partial charge in [0.05, 0.1) is 12.2 Å². The number of Topliss-reactive ketones (excluding diaryl/α,β-unsaturated/α-hetero) is 1. The molecule has 2 aromatic carbocycles. The lowest BCUT2D eigenvalue weighted by Crippen LogP contribution is -2.64. The zero-order valence-electron chi connectivity index (χ0n) is 18.8. The predicted octanol–water partition coefficient (Wildman–Crippen LogP) is 2.92. The van der Waals surface area contributed by atoms with Gasteiger partial charge in [0.15, 0.2) is 12.2 Å². The van der Waals surface area contributed by atoms with Crippen LogP contribution in [0.15, 0.2) is 65.8 Å². The molecule has 2 aromatic rings. The standard InChI is InChI=1S/C25H25N5O3/c1-4-17-10-12-19(13-11-17)30-20(18-8-6-5-7-9-18)15-28-21-22(26-24(28)30)27(3)25(33)29(23(21)32)14-16(2)31/h5-13,15,21-22H,4,14H2,1-3H3. The molecule has 0 bridgehead atoms. The first kappa shape index (κ1) is 20.9. The number of benzene rings is 2. The molecule has 0 spiro atoms. The summed E-state index contributed by atoms with van der Waals surface area (Å²) >= 11 is 0. The number of carbonyl (C=O) groups is 3. The van der Waals surface area contributed by atoms with Gasteiger partial charge in [-0.2, -0.15) is 0 Å². The Hall–Kier alpha value is -3.94. The SMILES string of the molecule is CCc1ccc(N2C(c3ccccc3)=CN3C2=NC2C3C(=O)N(CC(C)=O)C(=O)N2C)cc1. The van der Waals surface area contributed by atoms with Crippen LogP contribution in [0.3, 0.4) is 0 Å². The minimum atomic E-state index is -0.722. The quantitative estimate of drug-likeness (QED) is 0.710. The molecule has 1 fully saturated rings. The maximum absolute atomic E-state index is 13.4. The average Bonchev–Trinajstić information content (AvgIpc) is 3.37. The lowest BCUT2D eigenvalue weighted by molar-refractivity contribution is -0.139. The monoisotopic (exact) mass is 443 g/mol. The summed E-state index contributed by atoms with van der Waals surface area (Å²) in [6, 6.07) is 16.9. The van der Waals surface area contributed by atoms with E-state index in [0.29, 0.717) is 5.96 Å². The number of ketones is 1. The Kier molecular flexibility index (Phi) is 5.00. The average molecular weight is 444 g/mol. The number of likely N-dealkylation sites (N-methyl/N-ethyl adjacent to an activating group) is 1. The Morgan fingerprint density at radius 1 is 1.03 bits per heavy atom. The molecule has 0 aliphatic carbocycles. The number of guanidine groups is 1. The van der Waals surface area contributed by atoms with Gasteiger partial charge in [0.25, 0.3) is 5.91 Å². The highest BCUT2D eigenvalue weighted by Crippen LogP contribution is 2.40. The number of hydrogen-bond acceptors (Lipinski definition) is 6. The van der Waals surface area contributed by atoms with Gasteiger partial charge in [-0.05, 0) is 31.0 Å². The summed E-state index contributed by atoms with van der Waals surface area (Å²) in [6.07, 6.45) is 2.20. The molecule has 3 aliphatic rings. The Labute approximate surface area is 192 Å². The highest BCUT2D eigenvalue weighted by atomic mass is 16.2. The molecule has 8 nitrogen and oxygen atoms in total. The summed E-state index contributed by atoms with van der Waals surface area (Å²) in [5, 5.41) is 0. The van der Waals surface area contributed by atoms with Crippen LogP contribution < -0.4 is 4.90 Å². The van der Waals surface area contributed by atoms with Crippen LogP contribution in [0.5, 0.6) is 0 Å². The van der Waals surface area contributed by atoms with Crippen molar-refractivity contribution in [1.82, 2.24) is 14.7 Å². The minimum absolute atomic E-state index is 0.244. The van der Waals surface area contributed by atoms with Crippen molar-refractivity contribution in [2.45, 2.75) is 32.5 Å². The van der Waals surface area contributed by atoms with Crippen LogP contribution in [-0.2, 0) is 16.0 Å². The van der Waals surface area contributed by atoms with E-state index >= 15 is 0 Å². The summed E-state index contributed by atoms with van der Waals surface area (Å²) in [7, 11) is 1.62. The van der Waals surface area contributed by atoms with Gasteiger partial charge in [0, 0.05) is 24.5 Å². The van der Waals surface area contributed by atoms with E-state index in [1.807, 2.05) is 58.5 Å². The Balaban J connectivity index is 1.60. The smallest absolute Gasteiger partial charge is 0.302 e. The summed E-state index contributed by atoms with van der Waals surface area (Å²) < 4.78 is 0. The maximum atomic E-state index is 13.4. The van der Waals surface area contributed by atoms with E-state index in [2.05, 4.69) is 19.1 Å². The van der Waals surface area contributed by atoms with Crippen LogP contribution in [0.4, 0.5) is 10.5 Å². The van der Waals surface area contributed by atoms with E-state index in [9.17, 15) is 14.4 Å². The molecule has 0 radical (unpaired) electrons. The van der Waals surface area contributed by atoms with E-state index in [-0.39, 0.29) is 12.3 Å². The van der Waals surface area contributed by atoms with Crippen LogP contribution in [-0.4, -0.2) is 64.2 Å². The van der Waals surface area contributed by atoms with Crippen molar-refractivity contribution in [1.29, 1.82) is 0 Å². The molecule has 5 rings (SSSR count). The van der Waals surface area contributed by atoms with Gasteiger partial charge < -0.3 is 4.90 Å². The summed E-state index contributed by atoms with van der Waals surface area (Å²) in [4.78, 5) is 49.1. The number of urea groups is 1. The zero-order valence-corrected chi connectivity index (χ0v) is 18.8. The van der Waals surface area contributed by atoms with Crippen LogP contribution in [0.1, 0.15) is 25.0 Å². The van der Waals surface area contributed by atoms with Crippen LogP contribution in [0.2, 0.25) is 0 Å². The van der Waals surface area contributed by atoms with Gasteiger partial charge in [-0.25, -0.2) is 9.79 Å². The third-order valence-corrected chi connectivity index (χ3v) is 6.26. The Morgan fingerprint density at radius 3 is 2.36 bits per heavy atom.